The van der Waals surface area contributed by atoms with E-state index >= 15 is 0 Å². The van der Waals surface area contributed by atoms with Gasteiger partial charge in [-0.25, -0.2) is 0 Å². The van der Waals surface area contributed by atoms with Gasteiger partial charge in [0.2, 0.25) is 0 Å². The van der Waals surface area contributed by atoms with Crippen LogP contribution in [-0.4, -0.2) is 31.3 Å². The molecule has 1 atom stereocenters. The predicted molar refractivity (Wildman–Crippen MR) is 104 cm³/mol. The third-order valence-corrected chi connectivity index (χ3v) is 5.31. The molecule has 0 aromatic carbocycles. The quantitative estimate of drug-likeness (QED) is 0.255. The summed E-state index contributed by atoms with van der Waals surface area (Å²) in [7, 11) is -3.83. The second-order valence-corrected chi connectivity index (χ2v) is 8.74. The Morgan fingerprint density at radius 1 is 0.792 bits per heavy atom. The molecule has 0 aliphatic heterocycles. The summed E-state index contributed by atoms with van der Waals surface area (Å²) in [6.45, 7) is 4.67. The Kier molecular flexibility index (Phi) is 16.3. The molecule has 0 radical (unpaired) electrons. The molecule has 0 aromatic rings. The molecule has 0 bridgehead atoms. The van der Waals surface area contributed by atoms with Crippen LogP contribution in [0.15, 0.2) is 0 Å². The first-order valence-electron chi connectivity index (χ1n) is 10.1. The maximum Gasteiger partial charge on any atom is 0.266 e. The Bertz CT molecular complexity index is 358. The van der Waals surface area contributed by atoms with E-state index in [0.29, 0.717) is 12.6 Å². The number of rotatable bonds is 18. The molecule has 2 N–H and O–H groups in total. The van der Waals surface area contributed by atoms with E-state index in [0.717, 1.165) is 6.42 Å². The van der Waals surface area contributed by atoms with E-state index in [2.05, 4.69) is 19.2 Å². The van der Waals surface area contributed by atoms with E-state index < -0.39 is 10.1 Å². The predicted octanol–water partition coefficient (Wildman–Crippen LogP) is 5.33. The summed E-state index contributed by atoms with van der Waals surface area (Å²) in [5.74, 6) is -0.198. The molecule has 0 amide bonds. The molecular formula is C19H41NO3S. The maximum absolute atomic E-state index is 10.6. The highest BCUT2D eigenvalue weighted by Gasteiger charge is 2.06. The molecule has 0 heterocycles. The molecule has 24 heavy (non-hydrogen) atoms. The lowest BCUT2D eigenvalue weighted by atomic mass is 10.0. The largest absolute Gasteiger partial charge is 0.313 e. The molecule has 0 saturated carbocycles. The summed E-state index contributed by atoms with van der Waals surface area (Å²) in [5.41, 5.74) is 0. The van der Waals surface area contributed by atoms with Gasteiger partial charge in [-0.3, -0.25) is 4.55 Å². The Labute approximate surface area is 150 Å². The summed E-state index contributed by atoms with van der Waals surface area (Å²) in [5, 5.41) is 3.14. The normalized spacial score (nSPS) is 13.3. The second kappa shape index (κ2) is 16.3. The van der Waals surface area contributed by atoms with E-state index in [4.69, 9.17) is 4.55 Å². The lowest BCUT2D eigenvalue weighted by Gasteiger charge is -2.12. The molecule has 4 nitrogen and oxygen atoms in total. The van der Waals surface area contributed by atoms with Crippen molar-refractivity contribution in [3.63, 3.8) is 0 Å². The van der Waals surface area contributed by atoms with Crippen molar-refractivity contribution in [2.45, 2.75) is 110 Å². The minimum absolute atomic E-state index is 0.198. The fraction of sp³-hybridized carbons (Fsp3) is 1.00. The van der Waals surface area contributed by atoms with E-state index in [9.17, 15) is 8.42 Å². The molecule has 1 unspecified atom stereocenters. The zero-order valence-corrected chi connectivity index (χ0v) is 16.9. The van der Waals surface area contributed by atoms with Gasteiger partial charge in [-0.05, 0) is 13.3 Å². The van der Waals surface area contributed by atoms with Crippen LogP contribution in [0.1, 0.15) is 104 Å². The van der Waals surface area contributed by atoms with E-state index in [-0.39, 0.29) is 5.75 Å². The van der Waals surface area contributed by atoms with Gasteiger partial charge in [0.1, 0.15) is 0 Å². The number of nitrogens with one attached hydrogen (secondary N) is 1. The second-order valence-electron chi connectivity index (χ2n) is 7.17. The van der Waals surface area contributed by atoms with Gasteiger partial charge in [0.05, 0.1) is 5.75 Å². The average Bonchev–Trinajstić information content (AvgIpc) is 2.50. The molecule has 0 spiro atoms. The zero-order chi connectivity index (χ0) is 18.1. The van der Waals surface area contributed by atoms with Crippen molar-refractivity contribution >= 4 is 10.1 Å². The van der Waals surface area contributed by atoms with Crippen molar-refractivity contribution in [3.8, 4) is 0 Å². The molecule has 0 aromatic heterocycles. The van der Waals surface area contributed by atoms with Gasteiger partial charge < -0.3 is 5.32 Å². The third kappa shape index (κ3) is 19.9. The van der Waals surface area contributed by atoms with Crippen LogP contribution in [0, 0.1) is 0 Å². The molecule has 0 saturated heterocycles. The van der Waals surface area contributed by atoms with E-state index in [1.54, 1.807) is 0 Å². The number of unbranched alkanes of at least 4 members (excludes halogenated alkanes) is 12. The first-order chi connectivity index (χ1) is 11.5. The van der Waals surface area contributed by atoms with Crippen LogP contribution in [0.5, 0.6) is 0 Å². The average molecular weight is 364 g/mol. The highest BCUT2D eigenvalue weighted by molar-refractivity contribution is 7.85. The van der Waals surface area contributed by atoms with Crippen molar-refractivity contribution < 1.29 is 13.0 Å². The van der Waals surface area contributed by atoms with Gasteiger partial charge >= 0.3 is 0 Å². The van der Waals surface area contributed by atoms with E-state index in [1.165, 1.54) is 83.5 Å². The van der Waals surface area contributed by atoms with Gasteiger partial charge in [0.25, 0.3) is 10.1 Å². The summed E-state index contributed by atoms with van der Waals surface area (Å²) in [4.78, 5) is 0. The standard InChI is InChI=1S/C19H41NO3S/c1-3-4-5-6-7-8-9-10-11-12-13-14-15-16-19(2)20-17-18-24(21,22)23/h19-20H,3-18H2,1-2H3,(H,21,22,23). The van der Waals surface area contributed by atoms with Gasteiger partial charge in [0, 0.05) is 12.6 Å². The highest BCUT2D eigenvalue weighted by Crippen LogP contribution is 2.13. The van der Waals surface area contributed by atoms with Crippen LogP contribution in [0.3, 0.4) is 0 Å². The van der Waals surface area contributed by atoms with Crippen LogP contribution >= 0.6 is 0 Å². The fourth-order valence-electron chi connectivity index (χ4n) is 3.00. The Morgan fingerprint density at radius 3 is 1.62 bits per heavy atom. The summed E-state index contributed by atoms with van der Waals surface area (Å²) in [6.07, 6.45) is 18.8. The minimum Gasteiger partial charge on any atom is -0.313 e. The Morgan fingerprint density at radius 2 is 1.21 bits per heavy atom. The van der Waals surface area contributed by atoms with Crippen molar-refractivity contribution in [2.75, 3.05) is 12.3 Å². The lowest BCUT2D eigenvalue weighted by Crippen LogP contribution is -2.30. The molecule has 5 heteroatoms. The molecule has 0 rings (SSSR count). The van der Waals surface area contributed by atoms with Crippen LogP contribution in [0.25, 0.3) is 0 Å². The van der Waals surface area contributed by atoms with Crippen molar-refractivity contribution in [1.82, 2.24) is 5.32 Å². The maximum atomic E-state index is 10.6. The molecule has 0 fully saturated rings. The van der Waals surface area contributed by atoms with Crippen molar-refractivity contribution in [2.24, 2.45) is 0 Å². The number of hydrogen-bond acceptors (Lipinski definition) is 3. The minimum atomic E-state index is -3.83. The molecule has 0 aliphatic rings. The SMILES string of the molecule is CCCCCCCCCCCCCCCC(C)NCCS(=O)(=O)O. The monoisotopic (exact) mass is 363 g/mol. The van der Waals surface area contributed by atoms with Gasteiger partial charge in [-0.1, -0.05) is 90.4 Å². The summed E-state index contributed by atoms with van der Waals surface area (Å²) < 4.78 is 29.9. The third-order valence-electron chi connectivity index (χ3n) is 4.59. The Balaban J connectivity index is 3.19. The zero-order valence-electron chi connectivity index (χ0n) is 16.1. The van der Waals surface area contributed by atoms with Gasteiger partial charge in [-0.15, -0.1) is 0 Å². The van der Waals surface area contributed by atoms with Crippen molar-refractivity contribution in [1.29, 1.82) is 0 Å². The fourth-order valence-corrected chi connectivity index (χ4v) is 3.38. The van der Waals surface area contributed by atoms with Gasteiger partial charge in [0.15, 0.2) is 0 Å². The smallest absolute Gasteiger partial charge is 0.266 e. The van der Waals surface area contributed by atoms with Crippen molar-refractivity contribution in [3.05, 3.63) is 0 Å². The summed E-state index contributed by atoms with van der Waals surface area (Å²) >= 11 is 0. The van der Waals surface area contributed by atoms with E-state index in [1.807, 2.05) is 0 Å². The first-order valence-corrected chi connectivity index (χ1v) is 11.7. The lowest BCUT2D eigenvalue weighted by molar-refractivity contribution is 0.464. The summed E-state index contributed by atoms with van der Waals surface area (Å²) in [6, 6.07) is 0.319. The topological polar surface area (TPSA) is 66.4 Å². The van der Waals surface area contributed by atoms with Crippen LogP contribution in [0.2, 0.25) is 0 Å². The highest BCUT2D eigenvalue weighted by atomic mass is 32.2. The Hall–Kier alpha value is -0.130. The van der Waals surface area contributed by atoms with Gasteiger partial charge in [-0.2, -0.15) is 8.42 Å². The number of hydrogen-bond donors (Lipinski definition) is 2. The van der Waals surface area contributed by atoms with Crippen LogP contribution in [0.4, 0.5) is 0 Å². The van der Waals surface area contributed by atoms with Crippen LogP contribution in [-0.2, 0) is 10.1 Å². The molecular weight excluding hydrogens is 322 g/mol. The van der Waals surface area contributed by atoms with Crippen LogP contribution < -0.4 is 5.32 Å². The molecule has 0 aliphatic carbocycles. The first kappa shape index (κ1) is 23.9. The molecule has 146 valence electrons.